The number of rotatable bonds is 6. The van der Waals surface area contributed by atoms with Gasteiger partial charge >= 0.3 is 17.9 Å². The molecule has 0 aromatic heterocycles. The van der Waals surface area contributed by atoms with Gasteiger partial charge in [-0.05, 0) is 67.5 Å². The van der Waals surface area contributed by atoms with Crippen LogP contribution in [0.15, 0.2) is 18.2 Å². The lowest BCUT2D eigenvalue weighted by molar-refractivity contribution is -0.155. The number of hydrogen-bond donors (Lipinski definition) is 3. The number of aryl methyl sites for hydroxylation is 1. The zero-order valence-electron chi connectivity index (χ0n) is 33.7. The van der Waals surface area contributed by atoms with Crippen LogP contribution in [0.4, 0.5) is 0 Å². The number of methoxy groups -OCH3 is 2. The van der Waals surface area contributed by atoms with Gasteiger partial charge in [-0.2, -0.15) is 5.26 Å². The molecule has 15 nitrogen and oxygen atoms in total. The molecule has 0 amide bonds. The number of phenolic OH excluding ortho intramolecular Hbond substituents is 1. The van der Waals surface area contributed by atoms with Crippen molar-refractivity contribution in [1.29, 1.82) is 5.26 Å². The monoisotopic (exact) mass is 826 g/mol. The zero-order chi connectivity index (χ0) is 41.5. The van der Waals surface area contributed by atoms with Gasteiger partial charge in [-0.25, -0.2) is 4.79 Å². The highest BCUT2D eigenvalue weighted by molar-refractivity contribution is 7.99. The van der Waals surface area contributed by atoms with Crippen molar-refractivity contribution < 1.29 is 52.6 Å². The summed E-state index contributed by atoms with van der Waals surface area (Å²) in [7, 11) is 3.01. The molecule has 10 rings (SSSR count). The van der Waals surface area contributed by atoms with Gasteiger partial charge in [-0.1, -0.05) is 13.0 Å². The number of thioether (sulfide) groups is 1. The quantitative estimate of drug-likeness (QED) is 0.230. The SMILES string of the molecule is CCCC(=O)Oc1cc2c(cc1OC)[C@@]1(CS[C@@H]3c4c(OC(C)=O)c(C)c5c(c4[C@@H](COC1=O)N1C3[C@@H]3N[C@H](Cc4cc(C)c(OC)c(O)c43)[C@@H]1C#N)OCO5)NCC2. The minimum atomic E-state index is -1.40. The Kier molecular flexibility index (Phi) is 9.85. The largest absolute Gasteiger partial charge is 0.504 e. The van der Waals surface area contributed by atoms with E-state index in [-0.39, 0.29) is 49.1 Å². The number of ether oxygens (including phenoxy) is 7. The van der Waals surface area contributed by atoms with E-state index in [0.717, 1.165) is 16.7 Å². The number of aromatic hydroxyl groups is 1. The van der Waals surface area contributed by atoms with Gasteiger partial charge < -0.3 is 43.6 Å². The second kappa shape index (κ2) is 14.8. The lowest BCUT2D eigenvalue weighted by Gasteiger charge is -2.59. The van der Waals surface area contributed by atoms with E-state index in [0.29, 0.717) is 82.4 Å². The highest BCUT2D eigenvalue weighted by Gasteiger charge is 2.60. The summed E-state index contributed by atoms with van der Waals surface area (Å²) in [6, 6.07) is 5.16. The maximum atomic E-state index is 14.9. The van der Waals surface area contributed by atoms with E-state index in [1.54, 1.807) is 12.1 Å². The summed E-state index contributed by atoms with van der Waals surface area (Å²) in [5, 5.41) is 29.7. The van der Waals surface area contributed by atoms with Crippen molar-refractivity contribution in [2.75, 3.05) is 39.9 Å². The fourth-order valence-corrected chi connectivity index (χ4v) is 11.9. The summed E-state index contributed by atoms with van der Waals surface area (Å²) in [5.74, 6) is 0.805. The Hall–Kier alpha value is -5.21. The van der Waals surface area contributed by atoms with Crippen LogP contribution in [0.5, 0.6) is 40.2 Å². The summed E-state index contributed by atoms with van der Waals surface area (Å²) in [4.78, 5) is 42.7. The van der Waals surface area contributed by atoms with Crippen LogP contribution < -0.4 is 39.1 Å². The molecule has 0 radical (unpaired) electrons. The molecule has 7 heterocycles. The third kappa shape index (κ3) is 5.91. The number of phenols is 1. The smallest absolute Gasteiger partial charge is 0.331 e. The molecule has 4 bridgehead atoms. The average Bonchev–Trinajstić information content (AvgIpc) is 3.70. The van der Waals surface area contributed by atoms with Crippen LogP contribution in [0.25, 0.3) is 0 Å². The van der Waals surface area contributed by atoms with Crippen molar-refractivity contribution >= 4 is 29.7 Å². The van der Waals surface area contributed by atoms with E-state index >= 15 is 0 Å². The summed E-state index contributed by atoms with van der Waals surface area (Å²) in [6.45, 7) is 7.09. The van der Waals surface area contributed by atoms with E-state index in [9.17, 15) is 24.8 Å². The van der Waals surface area contributed by atoms with Crippen molar-refractivity contribution in [2.24, 2.45) is 0 Å². The van der Waals surface area contributed by atoms with Crippen molar-refractivity contribution in [3.63, 3.8) is 0 Å². The molecule has 0 saturated carbocycles. The molecule has 3 aromatic rings. The number of carbonyl (C=O) groups excluding carboxylic acids is 3. The van der Waals surface area contributed by atoms with Gasteiger partial charge in [-0.15, -0.1) is 11.8 Å². The second-order valence-corrected chi connectivity index (χ2v) is 17.0. The van der Waals surface area contributed by atoms with Gasteiger partial charge in [-0.3, -0.25) is 19.8 Å². The molecule has 7 aliphatic heterocycles. The third-order valence-electron chi connectivity index (χ3n) is 12.6. The number of nitrogens with zero attached hydrogens (tertiary/aromatic N) is 2. The molecule has 59 heavy (non-hydrogen) atoms. The first-order valence-electron chi connectivity index (χ1n) is 19.9. The van der Waals surface area contributed by atoms with Crippen LogP contribution in [0.2, 0.25) is 0 Å². The maximum Gasteiger partial charge on any atom is 0.331 e. The van der Waals surface area contributed by atoms with E-state index in [1.165, 1.54) is 32.9 Å². The summed E-state index contributed by atoms with van der Waals surface area (Å²) < 4.78 is 42.1. The molecule has 1 spiro atoms. The third-order valence-corrected chi connectivity index (χ3v) is 14.1. The van der Waals surface area contributed by atoms with Gasteiger partial charge in [0.2, 0.25) is 6.79 Å². The van der Waals surface area contributed by atoms with Gasteiger partial charge in [0.15, 0.2) is 40.0 Å². The normalized spacial score (nSPS) is 27.3. The Labute approximate surface area is 345 Å². The van der Waals surface area contributed by atoms with E-state index in [1.807, 2.05) is 26.8 Å². The summed E-state index contributed by atoms with van der Waals surface area (Å²) >= 11 is 1.46. The zero-order valence-corrected chi connectivity index (χ0v) is 34.5. The molecule has 7 atom stereocenters. The fourth-order valence-electron chi connectivity index (χ4n) is 10.2. The Morgan fingerprint density at radius 2 is 1.83 bits per heavy atom. The number of piperazine rings is 1. The van der Waals surface area contributed by atoms with Crippen LogP contribution in [0.1, 0.15) is 88.5 Å². The van der Waals surface area contributed by atoms with Crippen molar-refractivity contribution in [3.8, 4) is 46.3 Å². The van der Waals surface area contributed by atoms with Crippen molar-refractivity contribution in [1.82, 2.24) is 15.5 Å². The molecule has 0 aliphatic carbocycles. The number of hydrogen-bond acceptors (Lipinski definition) is 16. The van der Waals surface area contributed by atoms with E-state index in [4.69, 9.17) is 33.2 Å². The van der Waals surface area contributed by atoms with Crippen LogP contribution in [-0.2, 0) is 37.5 Å². The molecular formula is C43H46N4O11S. The highest BCUT2D eigenvalue weighted by atomic mass is 32.2. The number of fused-ring (bicyclic) bond motifs is 9. The molecule has 7 aliphatic rings. The van der Waals surface area contributed by atoms with Gasteiger partial charge in [0.25, 0.3) is 0 Å². The predicted molar refractivity (Wildman–Crippen MR) is 212 cm³/mol. The fraction of sp³-hybridized carbons (Fsp3) is 0.488. The Morgan fingerprint density at radius 3 is 2.56 bits per heavy atom. The molecule has 310 valence electrons. The average molecular weight is 827 g/mol. The first kappa shape index (κ1) is 39.3. The highest BCUT2D eigenvalue weighted by Crippen LogP contribution is 2.63. The first-order chi connectivity index (χ1) is 28.5. The summed E-state index contributed by atoms with van der Waals surface area (Å²) in [5.41, 5.74) is 4.23. The van der Waals surface area contributed by atoms with Crippen LogP contribution >= 0.6 is 11.8 Å². The number of nitriles is 1. The second-order valence-electron chi connectivity index (χ2n) is 15.9. The molecule has 3 N–H and O–H groups in total. The molecule has 2 saturated heterocycles. The van der Waals surface area contributed by atoms with Crippen LogP contribution in [-0.4, -0.2) is 86.0 Å². The molecular weight excluding hydrogens is 781 g/mol. The van der Waals surface area contributed by atoms with Crippen LogP contribution in [0, 0.1) is 25.2 Å². The molecule has 2 fully saturated rings. The van der Waals surface area contributed by atoms with Gasteiger partial charge in [0.1, 0.15) is 18.4 Å². The lowest BCUT2D eigenvalue weighted by Crippen LogP contribution is -2.69. The maximum absolute atomic E-state index is 14.9. The predicted octanol–water partition coefficient (Wildman–Crippen LogP) is 4.64. The lowest BCUT2D eigenvalue weighted by atomic mass is 9.72. The molecule has 16 heteroatoms. The topological polar surface area (TPSA) is 187 Å². The minimum absolute atomic E-state index is 0.0161. The molecule has 3 aromatic carbocycles. The number of nitrogens with one attached hydrogen (secondary N) is 2. The van der Waals surface area contributed by atoms with Crippen LogP contribution in [0.3, 0.4) is 0 Å². The van der Waals surface area contributed by atoms with E-state index in [2.05, 4.69) is 21.6 Å². The number of esters is 3. The first-order valence-corrected chi connectivity index (χ1v) is 20.9. The standard InChI is InChI=1S/C43H46N4O11S/c1-7-8-30(49)58-29-13-22-9-10-45-43(24(22)14-28(29)52-5)17-59-41-33-32(40-39(55-18-56-40)20(3)38(33)57-21(4)48)27(16-54-42(43)51)47-26(15-44)25-12-23-11-19(2)37(53-6)36(50)31(23)34(46-25)35(41)47/h11,13-14,25-27,34-35,41,45-46,50H,7-10,12,16-18H2,1-6H3/t25-,26+,27-,34-,35?,41-,43-/m1/s1. The minimum Gasteiger partial charge on any atom is -0.504 e. The Morgan fingerprint density at radius 1 is 1.03 bits per heavy atom. The summed E-state index contributed by atoms with van der Waals surface area (Å²) in [6.07, 6.45) is 1.85. The van der Waals surface area contributed by atoms with E-state index < -0.39 is 46.9 Å². The Balaban J connectivity index is 1.27. The number of benzene rings is 3. The van der Waals surface area contributed by atoms with Gasteiger partial charge in [0.05, 0.1) is 37.6 Å². The number of carbonyl (C=O) groups is 3. The Bertz CT molecular complexity index is 2350. The molecule has 1 unspecified atom stereocenters. The van der Waals surface area contributed by atoms with Crippen molar-refractivity contribution in [3.05, 3.63) is 62.7 Å². The van der Waals surface area contributed by atoms with Gasteiger partial charge in [0, 0.05) is 60.0 Å². The van der Waals surface area contributed by atoms with Crippen molar-refractivity contribution in [2.45, 2.75) is 94.4 Å².